The van der Waals surface area contributed by atoms with Gasteiger partial charge in [0.1, 0.15) is 5.75 Å². The molecule has 0 fully saturated rings. The largest absolute Gasteiger partial charge is 0.496 e. The number of H-pyrrole nitrogens is 1. The minimum Gasteiger partial charge on any atom is -0.496 e. The number of benzene rings is 1. The molecular formula is C13H18N4O3S. The second-order valence-corrected chi connectivity index (χ2v) is 6.09. The van der Waals surface area contributed by atoms with E-state index in [9.17, 15) is 8.42 Å². The third-order valence-corrected chi connectivity index (χ3v) is 4.52. The summed E-state index contributed by atoms with van der Waals surface area (Å²) in [6.07, 6.45) is 1.93. The Bertz CT molecular complexity index is 697. The zero-order valence-corrected chi connectivity index (χ0v) is 12.5. The molecule has 0 saturated heterocycles. The van der Waals surface area contributed by atoms with Crippen LogP contribution in [-0.4, -0.2) is 32.3 Å². The molecule has 0 bridgehead atoms. The fraction of sp³-hybridized carbons (Fsp3) is 0.308. The summed E-state index contributed by atoms with van der Waals surface area (Å²) < 4.78 is 32.0. The summed E-state index contributed by atoms with van der Waals surface area (Å²) >= 11 is 0. The summed E-state index contributed by atoms with van der Waals surface area (Å²) in [5.41, 5.74) is 6.88. The fourth-order valence-electron chi connectivity index (χ4n) is 1.98. The molecule has 114 valence electrons. The molecule has 0 unspecified atom stereocenters. The smallest absolute Gasteiger partial charge is 0.257 e. The molecule has 0 spiro atoms. The van der Waals surface area contributed by atoms with Gasteiger partial charge in [0.2, 0.25) is 0 Å². The number of sulfonamides is 1. The van der Waals surface area contributed by atoms with Crippen LogP contribution in [0.1, 0.15) is 11.1 Å². The van der Waals surface area contributed by atoms with E-state index in [1.807, 2.05) is 24.3 Å². The molecule has 2 aromatic rings. The van der Waals surface area contributed by atoms with Crippen molar-refractivity contribution in [2.45, 2.75) is 18.0 Å². The van der Waals surface area contributed by atoms with Crippen molar-refractivity contribution in [3.8, 4) is 5.75 Å². The summed E-state index contributed by atoms with van der Waals surface area (Å²) in [5.74, 6) is 0.737. The zero-order valence-electron chi connectivity index (χ0n) is 11.7. The maximum Gasteiger partial charge on any atom is 0.257 e. The van der Waals surface area contributed by atoms with Crippen LogP contribution in [0.3, 0.4) is 0 Å². The van der Waals surface area contributed by atoms with Gasteiger partial charge in [0.25, 0.3) is 10.0 Å². The highest BCUT2D eigenvalue weighted by atomic mass is 32.2. The summed E-state index contributed by atoms with van der Waals surface area (Å²) in [7, 11) is -2.05. The number of methoxy groups -OCH3 is 1. The Kier molecular flexibility index (Phi) is 4.94. The van der Waals surface area contributed by atoms with Crippen molar-refractivity contribution in [2.75, 3.05) is 13.7 Å². The van der Waals surface area contributed by atoms with Crippen LogP contribution >= 0.6 is 0 Å². The quantitative estimate of drug-likeness (QED) is 0.685. The Balaban J connectivity index is 2.03. The minimum atomic E-state index is -3.64. The van der Waals surface area contributed by atoms with Gasteiger partial charge in [0, 0.05) is 18.7 Å². The van der Waals surface area contributed by atoms with E-state index in [1.54, 1.807) is 7.11 Å². The second kappa shape index (κ2) is 6.70. The van der Waals surface area contributed by atoms with Crippen LogP contribution in [0.15, 0.2) is 35.5 Å². The first kappa shape index (κ1) is 15.5. The van der Waals surface area contributed by atoms with Gasteiger partial charge in [-0.3, -0.25) is 5.10 Å². The molecule has 4 N–H and O–H groups in total. The number of nitrogens with two attached hydrogens (primary N) is 1. The Labute approximate surface area is 123 Å². The fourth-order valence-corrected chi connectivity index (χ4v) is 3.15. The number of aromatic nitrogens is 2. The van der Waals surface area contributed by atoms with E-state index in [4.69, 9.17) is 10.5 Å². The molecule has 0 aliphatic rings. The molecule has 2 rings (SSSR count). The molecule has 0 atom stereocenters. The van der Waals surface area contributed by atoms with Crippen molar-refractivity contribution < 1.29 is 13.2 Å². The summed E-state index contributed by atoms with van der Waals surface area (Å²) in [4.78, 5) is 0. The van der Waals surface area contributed by atoms with Crippen molar-refractivity contribution >= 4 is 10.0 Å². The Hall–Kier alpha value is -1.90. The first-order valence-electron chi connectivity index (χ1n) is 6.42. The maximum absolute atomic E-state index is 12.1. The van der Waals surface area contributed by atoms with Crippen LogP contribution in [-0.2, 0) is 23.0 Å². The van der Waals surface area contributed by atoms with Gasteiger partial charge in [-0.2, -0.15) is 5.10 Å². The number of nitrogens with zero attached hydrogens (tertiary/aromatic N) is 1. The normalized spacial score (nSPS) is 11.5. The lowest BCUT2D eigenvalue weighted by Gasteiger charge is -2.09. The van der Waals surface area contributed by atoms with Crippen molar-refractivity contribution in [1.82, 2.24) is 14.9 Å². The highest BCUT2D eigenvalue weighted by Crippen LogP contribution is 2.17. The monoisotopic (exact) mass is 310 g/mol. The Morgan fingerprint density at radius 1 is 1.33 bits per heavy atom. The molecule has 21 heavy (non-hydrogen) atoms. The highest BCUT2D eigenvalue weighted by molar-refractivity contribution is 7.89. The van der Waals surface area contributed by atoms with Crippen LogP contribution in [0.4, 0.5) is 0 Å². The predicted molar refractivity (Wildman–Crippen MR) is 78.4 cm³/mol. The van der Waals surface area contributed by atoms with E-state index in [0.717, 1.165) is 11.3 Å². The number of ether oxygens (including phenoxy) is 1. The summed E-state index contributed by atoms with van der Waals surface area (Å²) in [5, 5.41) is 6.19. The van der Waals surface area contributed by atoms with Gasteiger partial charge in [-0.25, -0.2) is 13.1 Å². The van der Waals surface area contributed by atoms with Crippen LogP contribution in [0.2, 0.25) is 0 Å². The van der Waals surface area contributed by atoms with E-state index in [-0.39, 0.29) is 18.1 Å². The van der Waals surface area contributed by atoms with E-state index in [1.165, 1.54) is 6.20 Å². The molecule has 7 nitrogen and oxygen atoms in total. The van der Waals surface area contributed by atoms with Crippen LogP contribution < -0.4 is 15.2 Å². The first-order valence-corrected chi connectivity index (χ1v) is 7.90. The van der Waals surface area contributed by atoms with E-state index < -0.39 is 10.0 Å². The lowest BCUT2D eigenvalue weighted by Crippen LogP contribution is -2.27. The molecule has 0 amide bonds. The minimum absolute atomic E-state index is 0.0185. The van der Waals surface area contributed by atoms with Crippen molar-refractivity contribution in [1.29, 1.82) is 0 Å². The Morgan fingerprint density at radius 3 is 2.81 bits per heavy atom. The standard InChI is InChI=1S/C13H18N4O3S/c1-20-12-5-3-2-4-10(12)6-7-16-21(18,19)13-11(8-14)9-15-17-13/h2-5,9,16H,6-8,14H2,1H3,(H,15,17). The average molecular weight is 310 g/mol. The number of hydrogen-bond acceptors (Lipinski definition) is 5. The van der Waals surface area contributed by atoms with Crippen LogP contribution in [0.5, 0.6) is 5.75 Å². The number of aromatic amines is 1. The number of para-hydroxylation sites is 1. The number of nitrogens with one attached hydrogen (secondary N) is 2. The molecule has 1 heterocycles. The molecule has 0 radical (unpaired) electrons. The third kappa shape index (κ3) is 3.60. The van der Waals surface area contributed by atoms with Gasteiger partial charge in [-0.05, 0) is 18.1 Å². The van der Waals surface area contributed by atoms with Gasteiger partial charge in [-0.15, -0.1) is 0 Å². The Morgan fingerprint density at radius 2 is 2.10 bits per heavy atom. The highest BCUT2D eigenvalue weighted by Gasteiger charge is 2.19. The molecule has 0 saturated carbocycles. The second-order valence-electron chi connectivity index (χ2n) is 4.39. The van der Waals surface area contributed by atoms with Gasteiger partial charge in [-0.1, -0.05) is 18.2 Å². The van der Waals surface area contributed by atoms with Gasteiger partial charge in [0.15, 0.2) is 5.03 Å². The van der Waals surface area contributed by atoms with Crippen molar-refractivity contribution in [2.24, 2.45) is 5.73 Å². The van der Waals surface area contributed by atoms with Gasteiger partial charge in [0.05, 0.1) is 13.3 Å². The molecular weight excluding hydrogens is 292 g/mol. The van der Waals surface area contributed by atoms with Crippen LogP contribution in [0.25, 0.3) is 0 Å². The van der Waals surface area contributed by atoms with E-state index >= 15 is 0 Å². The topological polar surface area (TPSA) is 110 Å². The van der Waals surface area contributed by atoms with E-state index in [2.05, 4.69) is 14.9 Å². The maximum atomic E-state index is 12.1. The SMILES string of the molecule is COc1ccccc1CCNS(=O)(=O)c1[nH]ncc1CN. The molecule has 8 heteroatoms. The number of hydrogen-bond donors (Lipinski definition) is 3. The molecule has 0 aliphatic carbocycles. The van der Waals surface area contributed by atoms with Gasteiger partial charge >= 0.3 is 0 Å². The van der Waals surface area contributed by atoms with Crippen molar-refractivity contribution in [3.63, 3.8) is 0 Å². The van der Waals surface area contributed by atoms with Crippen molar-refractivity contribution in [3.05, 3.63) is 41.6 Å². The lowest BCUT2D eigenvalue weighted by molar-refractivity contribution is 0.409. The van der Waals surface area contributed by atoms with Crippen LogP contribution in [0, 0.1) is 0 Å². The summed E-state index contributed by atoms with van der Waals surface area (Å²) in [6, 6.07) is 7.48. The summed E-state index contributed by atoms with van der Waals surface area (Å²) in [6.45, 7) is 0.366. The predicted octanol–water partition coefficient (Wildman–Crippen LogP) is 0.398. The third-order valence-electron chi connectivity index (χ3n) is 3.05. The molecule has 1 aromatic heterocycles. The molecule has 0 aliphatic heterocycles. The first-order chi connectivity index (χ1) is 10.1. The average Bonchev–Trinajstić information content (AvgIpc) is 2.97. The lowest BCUT2D eigenvalue weighted by atomic mass is 10.1. The number of rotatable bonds is 7. The zero-order chi connectivity index (χ0) is 15.3. The van der Waals surface area contributed by atoms with E-state index in [0.29, 0.717) is 12.0 Å². The molecule has 1 aromatic carbocycles. The van der Waals surface area contributed by atoms with Gasteiger partial charge < -0.3 is 10.5 Å².